The summed E-state index contributed by atoms with van der Waals surface area (Å²) in [6.07, 6.45) is 5.48. The molecule has 0 aliphatic carbocycles. The molecule has 0 saturated carbocycles. The zero-order valence-corrected chi connectivity index (χ0v) is 16.9. The Morgan fingerprint density at radius 2 is 1.97 bits per heavy atom. The van der Waals surface area contributed by atoms with E-state index in [0.717, 1.165) is 24.2 Å². The summed E-state index contributed by atoms with van der Waals surface area (Å²) in [6.45, 7) is 2.78. The van der Waals surface area contributed by atoms with Crippen LogP contribution in [0.4, 0.5) is 11.5 Å². The van der Waals surface area contributed by atoms with Crippen molar-refractivity contribution >= 4 is 28.3 Å². The number of nitrogens with zero attached hydrogens (tertiary/aromatic N) is 2. The van der Waals surface area contributed by atoms with E-state index >= 15 is 0 Å². The van der Waals surface area contributed by atoms with Gasteiger partial charge in [0.05, 0.1) is 5.56 Å². The predicted molar refractivity (Wildman–Crippen MR) is 120 cm³/mol. The number of pyridine rings is 1. The van der Waals surface area contributed by atoms with E-state index in [-0.39, 0.29) is 5.91 Å². The van der Waals surface area contributed by atoms with E-state index in [1.54, 1.807) is 6.20 Å². The number of hydrogen-bond donors (Lipinski definition) is 2. The van der Waals surface area contributed by atoms with Crippen molar-refractivity contribution in [2.24, 2.45) is 0 Å². The molecule has 0 spiro atoms. The maximum Gasteiger partial charge on any atom is 0.252 e. The summed E-state index contributed by atoms with van der Waals surface area (Å²) < 4.78 is 0. The standard InChI is InChI=1S/C25H24N4O/c1-17-14-18-6-2-5-9-23(18)29(17)24-11-10-20(16-28-24)25(30)26-13-12-19-15-27-22-8-4-3-7-21(19)22/h2-11,15-17,27H,12-14H2,1H3,(H,26,30). The van der Waals surface area contributed by atoms with Crippen LogP contribution in [-0.2, 0) is 12.8 Å². The van der Waals surface area contributed by atoms with Gasteiger partial charge in [-0.2, -0.15) is 0 Å². The van der Waals surface area contributed by atoms with Crippen molar-refractivity contribution in [3.63, 3.8) is 0 Å². The Balaban J connectivity index is 1.24. The van der Waals surface area contributed by atoms with Crippen LogP contribution in [0.15, 0.2) is 73.1 Å². The van der Waals surface area contributed by atoms with Crippen molar-refractivity contribution in [2.75, 3.05) is 11.4 Å². The molecular formula is C25H24N4O. The molecule has 1 amide bonds. The molecule has 5 nitrogen and oxygen atoms in total. The van der Waals surface area contributed by atoms with Gasteiger partial charge in [0, 0.05) is 41.6 Å². The van der Waals surface area contributed by atoms with Gasteiger partial charge in [0.1, 0.15) is 5.82 Å². The van der Waals surface area contributed by atoms with Crippen molar-refractivity contribution in [2.45, 2.75) is 25.8 Å². The Morgan fingerprint density at radius 3 is 2.83 bits per heavy atom. The smallest absolute Gasteiger partial charge is 0.252 e. The molecule has 0 saturated heterocycles. The molecular weight excluding hydrogens is 372 g/mol. The Bertz CT molecular complexity index is 1200. The normalized spacial score (nSPS) is 15.4. The maximum atomic E-state index is 12.6. The number of rotatable bonds is 5. The lowest BCUT2D eigenvalue weighted by Crippen LogP contribution is -2.27. The molecule has 5 rings (SSSR count). The zero-order valence-electron chi connectivity index (χ0n) is 16.9. The third-order valence-corrected chi connectivity index (χ3v) is 5.82. The highest BCUT2D eigenvalue weighted by molar-refractivity contribution is 5.94. The summed E-state index contributed by atoms with van der Waals surface area (Å²) in [6, 6.07) is 20.8. The molecule has 1 atom stereocenters. The van der Waals surface area contributed by atoms with Crippen LogP contribution in [0, 0.1) is 0 Å². The molecule has 1 aliphatic heterocycles. The number of benzene rings is 2. The fourth-order valence-corrected chi connectivity index (χ4v) is 4.33. The molecule has 2 aromatic carbocycles. The molecule has 1 aliphatic rings. The van der Waals surface area contributed by atoms with Crippen LogP contribution in [-0.4, -0.2) is 28.5 Å². The average Bonchev–Trinajstić information content (AvgIpc) is 3.34. The number of fused-ring (bicyclic) bond motifs is 2. The van der Waals surface area contributed by atoms with Gasteiger partial charge in [-0.3, -0.25) is 4.79 Å². The van der Waals surface area contributed by atoms with E-state index in [9.17, 15) is 4.79 Å². The molecule has 0 fully saturated rings. The van der Waals surface area contributed by atoms with E-state index in [0.29, 0.717) is 18.2 Å². The SMILES string of the molecule is CC1Cc2ccccc2N1c1ccc(C(=O)NCCc2c[nH]c3ccccc23)cn1. The first-order chi connectivity index (χ1) is 14.7. The molecule has 1 unspecified atom stereocenters. The van der Waals surface area contributed by atoms with Crippen molar-refractivity contribution in [3.05, 3.63) is 89.7 Å². The fraction of sp³-hybridized carbons (Fsp3) is 0.200. The molecule has 3 heterocycles. The van der Waals surface area contributed by atoms with Gasteiger partial charge >= 0.3 is 0 Å². The molecule has 0 bridgehead atoms. The van der Waals surface area contributed by atoms with Crippen LogP contribution in [0.5, 0.6) is 0 Å². The highest BCUT2D eigenvalue weighted by Gasteiger charge is 2.27. The number of aromatic nitrogens is 2. The van der Waals surface area contributed by atoms with E-state index in [1.807, 2.05) is 30.5 Å². The van der Waals surface area contributed by atoms with E-state index in [4.69, 9.17) is 0 Å². The van der Waals surface area contributed by atoms with Gasteiger partial charge in [-0.15, -0.1) is 0 Å². The summed E-state index contributed by atoms with van der Waals surface area (Å²) in [5, 5.41) is 4.22. The minimum atomic E-state index is -0.0937. The summed E-state index contributed by atoms with van der Waals surface area (Å²) in [7, 11) is 0. The largest absolute Gasteiger partial charge is 0.361 e. The number of para-hydroxylation sites is 2. The Labute approximate surface area is 175 Å². The van der Waals surface area contributed by atoms with Crippen LogP contribution < -0.4 is 10.2 Å². The van der Waals surface area contributed by atoms with Crippen LogP contribution in [0.3, 0.4) is 0 Å². The summed E-state index contributed by atoms with van der Waals surface area (Å²) in [5.41, 5.74) is 5.45. The second-order valence-corrected chi connectivity index (χ2v) is 7.82. The lowest BCUT2D eigenvalue weighted by atomic mass is 10.1. The van der Waals surface area contributed by atoms with Gasteiger partial charge in [-0.05, 0) is 55.2 Å². The summed E-state index contributed by atoms with van der Waals surface area (Å²) >= 11 is 0. The number of aromatic amines is 1. The number of amides is 1. The lowest BCUT2D eigenvalue weighted by molar-refractivity contribution is 0.0954. The highest BCUT2D eigenvalue weighted by Crippen LogP contribution is 2.36. The van der Waals surface area contributed by atoms with Gasteiger partial charge in [-0.1, -0.05) is 36.4 Å². The second kappa shape index (κ2) is 7.67. The maximum absolute atomic E-state index is 12.6. The third-order valence-electron chi connectivity index (χ3n) is 5.82. The monoisotopic (exact) mass is 396 g/mol. The molecule has 2 N–H and O–H groups in total. The topological polar surface area (TPSA) is 61.0 Å². The molecule has 30 heavy (non-hydrogen) atoms. The minimum absolute atomic E-state index is 0.0937. The summed E-state index contributed by atoms with van der Waals surface area (Å²) in [5.74, 6) is 0.784. The van der Waals surface area contributed by atoms with Crippen LogP contribution in [0.2, 0.25) is 0 Å². The van der Waals surface area contributed by atoms with Gasteiger partial charge in [-0.25, -0.2) is 4.98 Å². The van der Waals surface area contributed by atoms with Crippen molar-refractivity contribution in [3.8, 4) is 0 Å². The first kappa shape index (κ1) is 18.4. The number of hydrogen-bond acceptors (Lipinski definition) is 3. The Hall–Kier alpha value is -3.60. The summed E-state index contributed by atoms with van der Waals surface area (Å²) in [4.78, 5) is 22.7. The van der Waals surface area contributed by atoms with E-state index in [1.165, 1.54) is 22.2 Å². The number of nitrogens with one attached hydrogen (secondary N) is 2. The number of H-pyrrole nitrogens is 1. The molecule has 150 valence electrons. The van der Waals surface area contributed by atoms with E-state index < -0.39 is 0 Å². The van der Waals surface area contributed by atoms with Gasteiger partial charge < -0.3 is 15.2 Å². The van der Waals surface area contributed by atoms with Crippen LogP contribution >= 0.6 is 0 Å². The van der Waals surface area contributed by atoms with Crippen molar-refractivity contribution in [1.29, 1.82) is 0 Å². The number of carbonyl (C=O) groups is 1. The molecule has 4 aromatic rings. The Kier molecular flexibility index (Phi) is 4.71. The lowest BCUT2D eigenvalue weighted by Gasteiger charge is -2.23. The van der Waals surface area contributed by atoms with Crippen molar-refractivity contribution < 1.29 is 4.79 Å². The van der Waals surface area contributed by atoms with Crippen LogP contribution in [0.25, 0.3) is 10.9 Å². The fourth-order valence-electron chi connectivity index (χ4n) is 4.33. The van der Waals surface area contributed by atoms with Gasteiger partial charge in [0.25, 0.3) is 5.91 Å². The van der Waals surface area contributed by atoms with Gasteiger partial charge in [0.15, 0.2) is 0 Å². The van der Waals surface area contributed by atoms with Crippen LogP contribution in [0.1, 0.15) is 28.4 Å². The molecule has 0 radical (unpaired) electrons. The van der Waals surface area contributed by atoms with Crippen molar-refractivity contribution in [1.82, 2.24) is 15.3 Å². The first-order valence-corrected chi connectivity index (χ1v) is 10.4. The molecule has 5 heteroatoms. The van der Waals surface area contributed by atoms with Gasteiger partial charge in [0.2, 0.25) is 0 Å². The average molecular weight is 396 g/mol. The highest BCUT2D eigenvalue weighted by atomic mass is 16.1. The second-order valence-electron chi connectivity index (χ2n) is 7.82. The third kappa shape index (κ3) is 3.32. The van der Waals surface area contributed by atoms with E-state index in [2.05, 4.69) is 63.5 Å². The number of anilines is 2. The zero-order chi connectivity index (χ0) is 20.5. The minimum Gasteiger partial charge on any atom is -0.361 e. The quantitative estimate of drug-likeness (QED) is 0.518. The first-order valence-electron chi connectivity index (χ1n) is 10.4. The predicted octanol–water partition coefficient (Wildman–Crippen LogP) is 4.62. The molecule has 2 aromatic heterocycles. The Morgan fingerprint density at radius 1 is 1.13 bits per heavy atom. The number of carbonyl (C=O) groups excluding carboxylic acids is 1.